The molecule has 8 heteroatoms. The van der Waals surface area contributed by atoms with Crippen molar-refractivity contribution in [2.75, 3.05) is 6.26 Å². The SMILES string of the molecule is CS(=O)c1ccc(-c2nc(-c3ccncc3)c(-c3ccc(F)cc3)n2C(=O)OC(C)(C)C)cc1. The van der Waals surface area contributed by atoms with Crippen molar-refractivity contribution < 1.29 is 18.1 Å². The van der Waals surface area contributed by atoms with Gasteiger partial charge in [0, 0.05) is 51.0 Å². The maximum Gasteiger partial charge on any atom is 0.420 e. The maximum absolute atomic E-state index is 13.7. The molecule has 1 unspecified atom stereocenters. The van der Waals surface area contributed by atoms with Gasteiger partial charge in [0.05, 0.1) is 11.4 Å². The fourth-order valence-electron chi connectivity index (χ4n) is 3.48. The molecule has 0 spiro atoms. The molecule has 0 N–H and O–H groups in total. The number of hydrogen-bond acceptors (Lipinski definition) is 5. The number of carbonyl (C=O) groups excluding carboxylic acids is 1. The number of hydrogen-bond donors (Lipinski definition) is 0. The Kier molecular flexibility index (Phi) is 6.43. The van der Waals surface area contributed by atoms with Gasteiger partial charge in [-0.15, -0.1) is 0 Å². The van der Waals surface area contributed by atoms with Gasteiger partial charge in [0.1, 0.15) is 11.4 Å². The van der Waals surface area contributed by atoms with Crippen LogP contribution >= 0.6 is 0 Å². The Morgan fingerprint density at radius 1 is 0.912 bits per heavy atom. The van der Waals surface area contributed by atoms with E-state index in [9.17, 15) is 13.4 Å². The van der Waals surface area contributed by atoms with E-state index in [1.54, 1.807) is 88.0 Å². The number of halogens is 1. The van der Waals surface area contributed by atoms with E-state index in [2.05, 4.69) is 4.98 Å². The second-order valence-electron chi connectivity index (χ2n) is 8.67. The summed E-state index contributed by atoms with van der Waals surface area (Å²) in [6.45, 7) is 5.36. The minimum Gasteiger partial charge on any atom is -0.443 e. The Morgan fingerprint density at radius 2 is 1.50 bits per heavy atom. The first-order valence-corrected chi connectivity index (χ1v) is 12.2. The minimum atomic E-state index is -1.14. The summed E-state index contributed by atoms with van der Waals surface area (Å²) in [6.07, 6.45) is 4.27. The number of imidazole rings is 1. The van der Waals surface area contributed by atoms with Crippen molar-refractivity contribution in [2.24, 2.45) is 0 Å². The number of nitrogens with zero attached hydrogens (tertiary/aromatic N) is 3. The molecule has 2 heterocycles. The topological polar surface area (TPSA) is 74.1 Å². The summed E-state index contributed by atoms with van der Waals surface area (Å²) in [6, 6.07) is 16.5. The molecule has 0 aliphatic carbocycles. The molecule has 0 fully saturated rings. The van der Waals surface area contributed by atoms with Gasteiger partial charge >= 0.3 is 6.09 Å². The van der Waals surface area contributed by atoms with Crippen molar-refractivity contribution in [3.05, 3.63) is 78.9 Å². The van der Waals surface area contributed by atoms with Crippen molar-refractivity contribution in [3.8, 4) is 33.9 Å². The number of benzene rings is 2. The van der Waals surface area contributed by atoms with Crippen LogP contribution in [0.4, 0.5) is 9.18 Å². The van der Waals surface area contributed by atoms with Crippen LogP contribution in [0.5, 0.6) is 0 Å². The molecule has 0 amide bonds. The zero-order valence-electron chi connectivity index (χ0n) is 19.3. The van der Waals surface area contributed by atoms with Crippen molar-refractivity contribution in [2.45, 2.75) is 31.3 Å². The molecule has 0 aliphatic rings. The van der Waals surface area contributed by atoms with Crippen LogP contribution in [-0.2, 0) is 15.5 Å². The average molecular weight is 478 g/mol. The van der Waals surface area contributed by atoms with Crippen molar-refractivity contribution >= 4 is 16.9 Å². The molecular weight excluding hydrogens is 453 g/mol. The van der Waals surface area contributed by atoms with Gasteiger partial charge in [-0.05, 0) is 69.3 Å². The van der Waals surface area contributed by atoms with E-state index in [1.807, 2.05) is 0 Å². The van der Waals surface area contributed by atoms with Crippen molar-refractivity contribution in [3.63, 3.8) is 0 Å². The van der Waals surface area contributed by atoms with Crippen LogP contribution in [0.2, 0.25) is 0 Å². The van der Waals surface area contributed by atoms with Crippen LogP contribution in [0.1, 0.15) is 20.8 Å². The Hall–Kier alpha value is -3.65. The monoisotopic (exact) mass is 477 g/mol. The molecule has 2 aromatic heterocycles. The highest BCUT2D eigenvalue weighted by molar-refractivity contribution is 7.84. The quantitative estimate of drug-likeness (QED) is 0.364. The maximum atomic E-state index is 13.7. The van der Waals surface area contributed by atoms with Crippen LogP contribution in [0.3, 0.4) is 0 Å². The first kappa shape index (κ1) is 23.5. The minimum absolute atomic E-state index is 0.355. The van der Waals surface area contributed by atoms with Gasteiger partial charge in [-0.25, -0.2) is 18.7 Å². The predicted molar refractivity (Wildman–Crippen MR) is 130 cm³/mol. The van der Waals surface area contributed by atoms with E-state index in [0.29, 0.717) is 33.2 Å². The normalized spacial score (nSPS) is 12.4. The largest absolute Gasteiger partial charge is 0.443 e. The summed E-state index contributed by atoms with van der Waals surface area (Å²) in [4.78, 5) is 23.1. The number of carbonyl (C=O) groups is 1. The molecule has 2 aromatic carbocycles. The molecule has 34 heavy (non-hydrogen) atoms. The van der Waals surface area contributed by atoms with Gasteiger partial charge in [0.25, 0.3) is 0 Å². The lowest BCUT2D eigenvalue weighted by atomic mass is 10.1. The molecule has 4 aromatic rings. The van der Waals surface area contributed by atoms with Gasteiger partial charge in [0.15, 0.2) is 5.82 Å². The molecule has 0 radical (unpaired) electrons. The second-order valence-corrected chi connectivity index (χ2v) is 10.0. The number of aromatic nitrogens is 3. The summed E-state index contributed by atoms with van der Waals surface area (Å²) in [5.41, 5.74) is 2.23. The van der Waals surface area contributed by atoms with Crippen LogP contribution in [0.15, 0.2) is 78.0 Å². The number of rotatable bonds is 4. The molecule has 0 bridgehead atoms. The zero-order chi connectivity index (χ0) is 24.5. The predicted octanol–water partition coefficient (Wildman–Crippen LogP) is 5.94. The molecule has 1 atom stereocenters. The standard InChI is InChI=1S/C26H24FN3O3S/c1-26(2,3)33-25(31)30-23(18-5-9-20(27)10-6-18)22(17-13-15-28-16-14-17)29-24(30)19-7-11-21(12-8-19)34(4)32/h5-16H,1-4H3. The summed E-state index contributed by atoms with van der Waals surface area (Å²) in [7, 11) is -1.14. The van der Waals surface area contributed by atoms with Gasteiger partial charge in [-0.2, -0.15) is 0 Å². The second kappa shape index (κ2) is 9.30. The number of pyridine rings is 1. The van der Waals surface area contributed by atoms with Crippen LogP contribution in [0, 0.1) is 5.82 Å². The Bertz CT molecular complexity index is 1340. The van der Waals surface area contributed by atoms with Crippen molar-refractivity contribution in [1.29, 1.82) is 0 Å². The Morgan fingerprint density at radius 3 is 2.06 bits per heavy atom. The van der Waals surface area contributed by atoms with E-state index < -0.39 is 22.5 Å². The highest BCUT2D eigenvalue weighted by Crippen LogP contribution is 2.37. The fraction of sp³-hybridized carbons (Fsp3) is 0.192. The Balaban J connectivity index is 2.02. The molecule has 0 aliphatic heterocycles. The van der Waals surface area contributed by atoms with E-state index in [0.717, 1.165) is 5.56 Å². The lowest BCUT2D eigenvalue weighted by Crippen LogP contribution is -2.28. The van der Waals surface area contributed by atoms with Gasteiger partial charge < -0.3 is 4.74 Å². The van der Waals surface area contributed by atoms with Crippen LogP contribution in [0.25, 0.3) is 33.9 Å². The summed E-state index contributed by atoms with van der Waals surface area (Å²) >= 11 is 0. The Labute approximate surface area is 199 Å². The van der Waals surface area contributed by atoms with Crippen LogP contribution in [-0.4, -0.2) is 36.7 Å². The molecule has 4 rings (SSSR count). The smallest absolute Gasteiger partial charge is 0.420 e. The molecule has 0 saturated heterocycles. The molecular formula is C26H24FN3O3S. The summed E-state index contributed by atoms with van der Waals surface area (Å²) < 4.78 is 32.7. The van der Waals surface area contributed by atoms with E-state index in [1.165, 1.54) is 16.7 Å². The van der Waals surface area contributed by atoms with Gasteiger partial charge in [-0.3, -0.25) is 9.19 Å². The number of ether oxygens (including phenoxy) is 1. The molecule has 0 saturated carbocycles. The first-order valence-electron chi connectivity index (χ1n) is 10.6. The molecule has 174 valence electrons. The molecule has 6 nitrogen and oxygen atoms in total. The van der Waals surface area contributed by atoms with E-state index in [-0.39, 0.29) is 5.82 Å². The van der Waals surface area contributed by atoms with Crippen molar-refractivity contribution in [1.82, 2.24) is 14.5 Å². The van der Waals surface area contributed by atoms with E-state index in [4.69, 9.17) is 9.72 Å². The highest BCUT2D eigenvalue weighted by Gasteiger charge is 2.28. The highest BCUT2D eigenvalue weighted by atomic mass is 32.2. The summed E-state index contributed by atoms with van der Waals surface area (Å²) in [5.74, 6) is -0.0326. The zero-order valence-corrected chi connectivity index (χ0v) is 20.1. The third-order valence-corrected chi connectivity index (χ3v) is 5.91. The van der Waals surface area contributed by atoms with Crippen LogP contribution < -0.4 is 0 Å². The van der Waals surface area contributed by atoms with Gasteiger partial charge in [-0.1, -0.05) is 12.1 Å². The third-order valence-electron chi connectivity index (χ3n) is 4.97. The lowest BCUT2D eigenvalue weighted by molar-refractivity contribution is 0.0542. The fourth-order valence-corrected chi connectivity index (χ4v) is 4.00. The summed E-state index contributed by atoms with van der Waals surface area (Å²) in [5, 5.41) is 0. The van der Waals surface area contributed by atoms with E-state index >= 15 is 0 Å². The lowest BCUT2D eigenvalue weighted by Gasteiger charge is -2.21. The average Bonchev–Trinajstić information content (AvgIpc) is 3.20. The first-order chi connectivity index (χ1) is 16.1. The third kappa shape index (κ3) is 4.97. The van der Waals surface area contributed by atoms with Gasteiger partial charge in [0.2, 0.25) is 0 Å².